The Morgan fingerprint density at radius 2 is 1.14 bits per heavy atom. The number of rotatable bonds is 32. The molecule has 2 fully saturated rings. The summed E-state index contributed by atoms with van der Waals surface area (Å²) in [7, 11) is 0. The van der Waals surface area contributed by atoms with E-state index in [9.17, 15) is 40.5 Å². The van der Waals surface area contributed by atoms with Crippen LogP contribution in [0.1, 0.15) is 129 Å². The first kappa shape index (κ1) is 51.4. The van der Waals surface area contributed by atoms with Crippen LogP contribution in [0, 0.1) is 0 Å². The van der Waals surface area contributed by atoms with E-state index in [2.05, 4.69) is 50.3 Å². The molecule has 11 atom stereocenters. The fourth-order valence-electron chi connectivity index (χ4n) is 6.59. The van der Waals surface area contributed by atoms with Crippen molar-refractivity contribution in [2.75, 3.05) is 33.0 Å². The molecule has 14 heteroatoms. The normalized spacial score (nSPS) is 28.9. The van der Waals surface area contributed by atoms with Crippen molar-refractivity contribution in [1.29, 1.82) is 0 Å². The molecular formula is C43H76O14. The van der Waals surface area contributed by atoms with Crippen molar-refractivity contribution < 1.29 is 69.0 Å². The first-order valence-corrected chi connectivity index (χ1v) is 21.6. The summed E-state index contributed by atoms with van der Waals surface area (Å²) in [5.74, 6) is -0.391. The largest absolute Gasteiger partial charge is 0.457 e. The fraction of sp³-hybridized carbons (Fsp3) is 0.837. The highest BCUT2D eigenvalue weighted by Gasteiger charge is 2.47. The number of allylic oxidation sites excluding steroid dienone is 6. The van der Waals surface area contributed by atoms with E-state index in [0.29, 0.717) is 13.0 Å². The fourth-order valence-corrected chi connectivity index (χ4v) is 6.59. The van der Waals surface area contributed by atoms with Crippen LogP contribution in [0.2, 0.25) is 0 Å². The van der Waals surface area contributed by atoms with Crippen LogP contribution in [0.25, 0.3) is 0 Å². The summed E-state index contributed by atoms with van der Waals surface area (Å²) < 4.78 is 33.9. The van der Waals surface area contributed by atoms with Crippen LogP contribution >= 0.6 is 0 Å². The van der Waals surface area contributed by atoms with Gasteiger partial charge >= 0.3 is 5.97 Å². The van der Waals surface area contributed by atoms with Crippen molar-refractivity contribution in [1.82, 2.24) is 0 Å². The SMILES string of the molecule is CC/C=C\C/C=C\C/C=C\CCCCCCCCCC(=O)OC(COCCCCCCCC)COC1OC(COC2OC(CO)C(O)C(O)C2O)C(O)C(O)C1O. The topological polar surface area (TPSA) is 214 Å². The van der Waals surface area contributed by atoms with Gasteiger partial charge in [0.05, 0.1) is 26.4 Å². The van der Waals surface area contributed by atoms with Crippen molar-refractivity contribution in [3.63, 3.8) is 0 Å². The van der Waals surface area contributed by atoms with Crippen molar-refractivity contribution in [3.05, 3.63) is 36.5 Å². The van der Waals surface area contributed by atoms with Crippen LogP contribution in [0.5, 0.6) is 0 Å². The van der Waals surface area contributed by atoms with Crippen LogP contribution < -0.4 is 0 Å². The van der Waals surface area contributed by atoms with Gasteiger partial charge < -0.3 is 64.2 Å². The maximum absolute atomic E-state index is 12.9. The van der Waals surface area contributed by atoms with Crippen LogP contribution in [-0.2, 0) is 33.2 Å². The summed E-state index contributed by atoms with van der Waals surface area (Å²) in [5, 5.41) is 71.6. The number of unbranched alkanes of at least 4 members (excludes halogenated alkanes) is 12. The van der Waals surface area contributed by atoms with Crippen molar-refractivity contribution in [3.8, 4) is 0 Å². The summed E-state index contributed by atoms with van der Waals surface area (Å²) in [6.07, 6.45) is 15.3. The van der Waals surface area contributed by atoms with Gasteiger partial charge in [-0.15, -0.1) is 0 Å². The molecule has 2 saturated heterocycles. The molecule has 2 aliphatic heterocycles. The van der Waals surface area contributed by atoms with Gasteiger partial charge in [-0.05, 0) is 44.9 Å². The molecule has 332 valence electrons. The summed E-state index contributed by atoms with van der Waals surface area (Å²) in [6, 6.07) is 0. The number of hydrogen-bond acceptors (Lipinski definition) is 14. The highest BCUT2D eigenvalue weighted by atomic mass is 16.7. The number of aliphatic hydroxyl groups excluding tert-OH is 7. The van der Waals surface area contributed by atoms with E-state index in [-0.39, 0.29) is 19.6 Å². The molecule has 0 aromatic heterocycles. The molecular weight excluding hydrogens is 740 g/mol. The first-order valence-electron chi connectivity index (χ1n) is 21.6. The zero-order valence-corrected chi connectivity index (χ0v) is 34.6. The minimum Gasteiger partial charge on any atom is -0.457 e. The number of carbonyl (C=O) groups is 1. The quantitative estimate of drug-likeness (QED) is 0.0287. The zero-order chi connectivity index (χ0) is 41.7. The number of carbonyl (C=O) groups excluding carboxylic acids is 1. The van der Waals surface area contributed by atoms with Gasteiger partial charge in [0.1, 0.15) is 54.9 Å². The molecule has 2 aliphatic rings. The zero-order valence-electron chi connectivity index (χ0n) is 34.6. The minimum atomic E-state index is -1.70. The third-order valence-electron chi connectivity index (χ3n) is 10.2. The van der Waals surface area contributed by atoms with Crippen LogP contribution in [0.3, 0.4) is 0 Å². The average molecular weight is 817 g/mol. The molecule has 0 radical (unpaired) electrons. The number of ether oxygens (including phenoxy) is 6. The molecule has 7 N–H and O–H groups in total. The predicted molar refractivity (Wildman–Crippen MR) is 215 cm³/mol. The number of esters is 1. The maximum atomic E-state index is 12.9. The molecule has 11 unspecified atom stereocenters. The Morgan fingerprint density at radius 1 is 0.596 bits per heavy atom. The molecule has 0 aromatic rings. The lowest BCUT2D eigenvalue weighted by Crippen LogP contribution is -2.61. The third kappa shape index (κ3) is 21.3. The van der Waals surface area contributed by atoms with Gasteiger partial charge in [0, 0.05) is 13.0 Å². The Morgan fingerprint density at radius 3 is 1.79 bits per heavy atom. The smallest absolute Gasteiger partial charge is 0.306 e. The average Bonchev–Trinajstić information content (AvgIpc) is 3.20. The predicted octanol–water partition coefficient (Wildman–Crippen LogP) is 4.29. The Balaban J connectivity index is 1.78. The van der Waals surface area contributed by atoms with Gasteiger partial charge in [-0.1, -0.05) is 115 Å². The van der Waals surface area contributed by atoms with Gasteiger partial charge in [-0.2, -0.15) is 0 Å². The molecule has 0 aromatic carbocycles. The molecule has 0 aliphatic carbocycles. The second-order valence-electron chi connectivity index (χ2n) is 15.1. The van der Waals surface area contributed by atoms with Crippen molar-refractivity contribution >= 4 is 5.97 Å². The van der Waals surface area contributed by atoms with Crippen LogP contribution in [-0.4, -0.2) is 142 Å². The lowest BCUT2D eigenvalue weighted by molar-refractivity contribution is -0.332. The van der Waals surface area contributed by atoms with Crippen molar-refractivity contribution in [2.45, 2.75) is 197 Å². The van der Waals surface area contributed by atoms with E-state index >= 15 is 0 Å². The van der Waals surface area contributed by atoms with E-state index in [4.69, 9.17) is 28.4 Å². The highest BCUT2D eigenvalue weighted by Crippen LogP contribution is 2.26. The van der Waals surface area contributed by atoms with Crippen LogP contribution in [0.15, 0.2) is 36.5 Å². The standard InChI is InChI=1S/C43H76O14/c1-3-5-7-9-11-12-13-14-15-16-17-18-19-20-21-22-24-26-35(45)55-32(29-52-27-25-23-10-8-6-4-2)30-53-42-41(51)39(49)37(47)34(57-42)31-54-43-40(50)38(48)36(46)33(28-44)56-43/h5,7,11-12,14-15,32-34,36-44,46-51H,3-4,6,8-10,13,16-31H2,1-2H3/b7-5-,12-11-,15-14-. The molecule has 2 rings (SSSR count). The molecule has 0 saturated carbocycles. The lowest BCUT2D eigenvalue weighted by atomic mass is 9.98. The van der Waals surface area contributed by atoms with E-state index < -0.39 is 86.7 Å². The van der Waals surface area contributed by atoms with Gasteiger partial charge in [-0.3, -0.25) is 4.79 Å². The second kappa shape index (κ2) is 32.0. The minimum absolute atomic E-state index is 0.0564. The van der Waals surface area contributed by atoms with E-state index in [1.807, 2.05) is 0 Å². The molecule has 57 heavy (non-hydrogen) atoms. The van der Waals surface area contributed by atoms with Gasteiger partial charge in [0.15, 0.2) is 12.6 Å². The third-order valence-corrected chi connectivity index (χ3v) is 10.2. The summed E-state index contributed by atoms with van der Waals surface area (Å²) in [4.78, 5) is 12.9. The van der Waals surface area contributed by atoms with E-state index in [1.165, 1.54) is 38.5 Å². The van der Waals surface area contributed by atoms with E-state index in [1.54, 1.807) is 0 Å². The monoisotopic (exact) mass is 817 g/mol. The van der Waals surface area contributed by atoms with Crippen LogP contribution in [0.4, 0.5) is 0 Å². The highest BCUT2D eigenvalue weighted by molar-refractivity contribution is 5.69. The number of aliphatic hydroxyl groups is 7. The van der Waals surface area contributed by atoms with E-state index in [0.717, 1.165) is 64.2 Å². The lowest BCUT2D eigenvalue weighted by Gasteiger charge is -2.42. The van der Waals surface area contributed by atoms with Gasteiger partial charge in [-0.25, -0.2) is 0 Å². The molecule has 0 bridgehead atoms. The van der Waals surface area contributed by atoms with Crippen molar-refractivity contribution in [2.24, 2.45) is 0 Å². The Labute approximate surface area is 340 Å². The first-order chi connectivity index (χ1) is 27.6. The van der Waals surface area contributed by atoms with Gasteiger partial charge in [0.2, 0.25) is 0 Å². The maximum Gasteiger partial charge on any atom is 0.306 e. The Hall–Kier alpha value is -1.79. The summed E-state index contributed by atoms with van der Waals surface area (Å²) in [6.45, 7) is 3.48. The van der Waals surface area contributed by atoms with Gasteiger partial charge in [0.25, 0.3) is 0 Å². The molecule has 0 spiro atoms. The Bertz CT molecular complexity index is 1090. The second-order valence-corrected chi connectivity index (χ2v) is 15.1. The summed E-state index contributed by atoms with van der Waals surface area (Å²) in [5.41, 5.74) is 0. The number of hydrogen-bond donors (Lipinski definition) is 7. The molecule has 0 amide bonds. The summed E-state index contributed by atoms with van der Waals surface area (Å²) >= 11 is 0. The molecule has 14 nitrogen and oxygen atoms in total. The molecule has 2 heterocycles. The Kier molecular flexibility index (Phi) is 28.9.